The summed E-state index contributed by atoms with van der Waals surface area (Å²) in [6.45, 7) is 8.44. The van der Waals surface area contributed by atoms with Gasteiger partial charge in [0, 0.05) is 5.71 Å². The van der Waals surface area contributed by atoms with Gasteiger partial charge >= 0.3 is 0 Å². The number of rotatable bonds is 4. The van der Waals surface area contributed by atoms with Crippen molar-refractivity contribution in [3.8, 4) is 0 Å². The van der Waals surface area contributed by atoms with Crippen LogP contribution in [0.4, 0.5) is 0 Å². The molecule has 0 aromatic carbocycles. The van der Waals surface area contributed by atoms with E-state index in [1.54, 1.807) is 0 Å². The van der Waals surface area contributed by atoms with Crippen molar-refractivity contribution in [3.63, 3.8) is 0 Å². The fourth-order valence-electron chi connectivity index (χ4n) is 1.10. The Kier molecular flexibility index (Phi) is 4.84. The summed E-state index contributed by atoms with van der Waals surface area (Å²) in [6.07, 6.45) is 5.21. The van der Waals surface area contributed by atoms with Gasteiger partial charge < -0.3 is 5.41 Å². The highest BCUT2D eigenvalue weighted by molar-refractivity contribution is 5.89. The standard InChI is InChI=1S/C10H19N/c1-5-10(8(2)3)7-6-9(4)11/h6-8,10-11H,5H2,1-4H3/b7-6-,11-9?. The van der Waals surface area contributed by atoms with Gasteiger partial charge in [0.05, 0.1) is 0 Å². The molecule has 0 amide bonds. The van der Waals surface area contributed by atoms with Crippen LogP contribution in [0.1, 0.15) is 34.1 Å². The number of hydrogen-bond donors (Lipinski definition) is 1. The Morgan fingerprint density at radius 3 is 2.27 bits per heavy atom. The van der Waals surface area contributed by atoms with E-state index >= 15 is 0 Å². The maximum absolute atomic E-state index is 7.22. The van der Waals surface area contributed by atoms with Crippen LogP contribution in [-0.4, -0.2) is 5.71 Å². The Labute approximate surface area is 70.0 Å². The summed E-state index contributed by atoms with van der Waals surface area (Å²) >= 11 is 0. The second kappa shape index (κ2) is 5.11. The van der Waals surface area contributed by atoms with Gasteiger partial charge in [0.25, 0.3) is 0 Å². The average Bonchev–Trinajstić information content (AvgIpc) is 1.87. The van der Waals surface area contributed by atoms with Crippen molar-refractivity contribution in [1.29, 1.82) is 5.41 Å². The molecule has 1 unspecified atom stereocenters. The predicted molar refractivity (Wildman–Crippen MR) is 51.2 cm³/mol. The highest BCUT2D eigenvalue weighted by atomic mass is 14.4. The molecule has 1 heteroatoms. The SMILES string of the molecule is CCC(/C=C\C(C)=N)C(C)C. The summed E-state index contributed by atoms with van der Waals surface area (Å²) in [6, 6.07) is 0. The maximum atomic E-state index is 7.22. The summed E-state index contributed by atoms with van der Waals surface area (Å²) in [5.74, 6) is 1.32. The van der Waals surface area contributed by atoms with Crippen LogP contribution in [0.3, 0.4) is 0 Å². The third kappa shape index (κ3) is 4.77. The average molecular weight is 153 g/mol. The molecule has 1 nitrogen and oxygen atoms in total. The molecule has 11 heavy (non-hydrogen) atoms. The zero-order valence-electron chi connectivity index (χ0n) is 8.02. The monoisotopic (exact) mass is 153 g/mol. The molecule has 0 aliphatic carbocycles. The summed E-state index contributed by atoms with van der Waals surface area (Å²) in [5, 5.41) is 7.22. The van der Waals surface area contributed by atoms with Crippen LogP contribution in [0, 0.1) is 17.2 Å². The van der Waals surface area contributed by atoms with Gasteiger partial charge in [-0.1, -0.05) is 26.8 Å². The Bertz CT molecular complexity index is 145. The van der Waals surface area contributed by atoms with Gasteiger partial charge in [-0.2, -0.15) is 0 Å². The van der Waals surface area contributed by atoms with Crippen molar-refractivity contribution < 1.29 is 0 Å². The smallest absolute Gasteiger partial charge is 0.0279 e. The predicted octanol–water partition coefficient (Wildman–Crippen LogP) is 3.26. The van der Waals surface area contributed by atoms with Crippen molar-refractivity contribution in [2.45, 2.75) is 34.1 Å². The summed E-state index contributed by atoms with van der Waals surface area (Å²) in [4.78, 5) is 0. The molecule has 1 atom stereocenters. The molecule has 0 saturated carbocycles. The molecular formula is C10H19N. The van der Waals surface area contributed by atoms with E-state index in [9.17, 15) is 0 Å². The topological polar surface area (TPSA) is 23.9 Å². The lowest BCUT2D eigenvalue weighted by atomic mass is 9.93. The number of allylic oxidation sites excluding steroid dienone is 2. The Morgan fingerprint density at radius 1 is 1.45 bits per heavy atom. The van der Waals surface area contributed by atoms with Crippen LogP contribution in [0.25, 0.3) is 0 Å². The fourth-order valence-corrected chi connectivity index (χ4v) is 1.10. The van der Waals surface area contributed by atoms with Crippen molar-refractivity contribution in [1.82, 2.24) is 0 Å². The van der Waals surface area contributed by atoms with Crippen LogP contribution < -0.4 is 0 Å². The first-order valence-corrected chi connectivity index (χ1v) is 4.31. The van der Waals surface area contributed by atoms with Crippen LogP contribution in [0.5, 0.6) is 0 Å². The third-order valence-corrected chi connectivity index (χ3v) is 1.92. The Balaban J connectivity index is 3.97. The molecule has 0 fully saturated rings. The molecule has 0 radical (unpaired) electrons. The van der Waals surface area contributed by atoms with Crippen LogP contribution in [0.15, 0.2) is 12.2 Å². The lowest BCUT2D eigenvalue weighted by Gasteiger charge is -2.13. The van der Waals surface area contributed by atoms with Gasteiger partial charge in [0.1, 0.15) is 0 Å². The second-order valence-corrected chi connectivity index (χ2v) is 3.36. The zero-order chi connectivity index (χ0) is 8.85. The van der Waals surface area contributed by atoms with E-state index < -0.39 is 0 Å². The van der Waals surface area contributed by atoms with Crippen molar-refractivity contribution >= 4 is 5.71 Å². The van der Waals surface area contributed by atoms with Gasteiger partial charge in [-0.25, -0.2) is 0 Å². The van der Waals surface area contributed by atoms with E-state index in [-0.39, 0.29) is 0 Å². The van der Waals surface area contributed by atoms with Crippen molar-refractivity contribution in [2.24, 2.45) is 11.8 Å². The second-order valence-electron chi connectivity index (χ2n) is 3.36. The van der Waals surface area contributed by atoms with Gasteiger partial charge in [0.2, 0.25) is 0 Å². The van der Waals surface area contributed by atoms with Gasteiger partial charge in [-0.15, -0.1) is 0 Å². The van der Waals surface area contributed by atoms with E-state index in [1.165, 1.54) is 6.42 Å². The molecule has 0 aromatic heterocycles. The molecular weight excluding hydrogens is 134 g/mol. The minimum atomic E-state index is 0.635. The normalized spacial score (nSPS) is 14.3. The minimum Gasteiger partial charge on any atom is -0.306 e. The van der Waals surface area contributed by atoms with E-state index in [1.807, 2.05) is 13.0 Å². The summed E-state index contributed by atoms with van der Waals surface area (Å²) < 4.78 is 0. The first-order chi connectivity index (χ1) is 5.07. The molecule has 0 aliphatic rings. The third-order valence-electron chi connectivity index (χ3n) is 1.92. The van der Waals surface area contributed by atoms with Crippen LogP contribution in [-0.2, 0) is 0 Å². The van der Waals surface area contributed by atoms with E-state index in [0.717, 1.165) is 0 Å². The van der Waals surface area contributed by atoms with Gasteiger partial charge in [-0.05, 0) is 31.3 Å². The van der Waals surface area contributed by atoms with Gasteiger partial charge in [-0.3, -0.25) is 0 Å². The maximum Gasteiger partial charge on any atom is 0.0279 e. The van der Waals surface area contributed by atoms with Crippen molar-refractivity contribution in [2.75, 3.05) is 0 Å². The van der Waals surface area contributed by atoms with E-state index in [0.29, 0.717) is 17.5 Å². The molecule has 0 saturated heterocycles. The lowest BCUT2D eigenvalue weighted by Crippen LogP contribution is -2.03. The summed E-state index contributed by atoms with van der Waals surface area (Å²) in [5.41, 5.74) is 0.643. The number of nitrogens with one attached hydrogen (secondary N) is 1. The fraction of sp³-hybridized carbons (Fsp3) is 0.700. The Morgan fingerprint density at radius 2 is 2.00 bits per heavy atom. The van der Waals surface area contributed by atoms with Gasteiger partial charge in [0.15, 0.2) is 0 Å². The molecule has 0 aliphatic heterocycles. The molecule has 0 spiro atoms. The largest absolute Gasteiger partial charge is 0.306 e. The minimum absolute atomic E-state index is 0.635. The molecule has 0 heterocycles. The molecule has 1 N–H and O–H groups in total. The molecule has 64 valence electrons. The highest BCUT2D eigenvalue weighted by Gasteiger charge is 2.05. The molecule has 0 bridgehead atoms. The number of hydrogen-bond acceptors (Lipinski definition) is 1. The van der Waals surface area contributed by atoms with Crippen LogP contribution in [0.2, 0.25) is 0 Å². The quantitative estimate of drug-likeness (QED) is 0.599. The first kappa shape index (κ1) is 10.4. The highest BCUT2D eigenvalue weighted by Crippen LogP contribution is 2.15. The molecule has 0 rings (SSSR count). The Hall–Kier alpha value is -0.590. The van der Waals surface area contributed by atoms with Crippen LogP contribution >= 0.6 is 0 Å². The van der Waals surface area contributed by atoms with Crippen molar-refractivity contribution in [3.05, 3.63) is 12.2 Å². The molecule has 0 aromatic rings. The lowest BCUT2D eigenvalue weighted by molar-refractivity contribution is 0.453. The first-order valence-electron chi connectivity index (χ1n) is 4.31. The summed E-state index contributed by atoms with van der Waals surface area (Å²) in [7, 11) is 0. The van der Waals surface area contributed by atoms with E-state index in [2.05, 4.69) is 26.8 Å². The van der Waals surface area contributed by atoms with E-state index in [4.69, 9.17) is 5.41 Å². The zero-order valence-corrected chi connectivity index (χ0v) is 8.02.